The molecule has 25 heavy (non-hydrogen) atoms. The largest absolute Gasteiger partial charge is 0.384 e. The van der Waals surface area contributed by atoms with Gasteiger partial charge in [0.25, 0.3) is 5.91 Å². The number of carbonyl (C=O) groups is 1. The molecule has 0 radical (unpaired) electrons. The number of likely N-dealkylation sites (tertiary alicyclic amines) is 1. The number of benzene rings is 1. The maximum absolute atomic E-state index is 13.2. The number of nitrogens with one attached hydrogen (secondary N) is 1. The molecule has 3 aliphatic rings. The van der Waals surface area contributed by atoms with Crippen molar-refractivity contribution in [1.29, 1.82) is 0 Å². The van der Waals surface area contributed by atoms with Gasteiger partial charge in [-0.3, -0.25) is 4.79 Å². The first kappa shape index (κ1) is 16.9. The van der Waals surface area contributed by atoms with Gasteiger partial charge in [-0.25, -0.2) is 0 Å². The molecule has 1 atom stereocenters. The second-order valence-corrected chi connectivity index (χ2v) is 7.48. The number of nitrogens with zero attached hydrogens (tertiary/aromatic N) is 2. The quantitative estimate of drug-likeness (QED) is 0.915. The Hall–Kier alpha value is -1.59. The highest BCUT2D eigenvalue weighted by Gasteiger charge is 2.28. The van der Waals surface area contributed by atoms with E-state index in [0.717, 1.165) is 56.8 Å². The molecule has 3 aliphatic heterocycles. The van der Waals surface area contributed by atoms with Crippen LogP contribution >= 0.6 is 0 Å². The summed E-state index contributed by atoms with van der Waals surface area (Å²) in [7, 11) is 0. The van der Waals surface area contributed by atoms with Crippen LogP contribution in [-0.4, -0.2) is 67.7 Å². The summed E-state index contributed by atoms with van der Waals surface area (Å²) in [5, 5.41) is 3.45. The number of aryl methyl sites for hydroxylation is 1. The molecule has 5 heteroatoms. The molecule has 2 fully saturated rings. The summed E-state index contributed by atoms with van der Waals surface area (Å²) in [5.74, 6) is 0.156. The maximum atomic E-state index is 13.2. The Labute approximate surface area is 150 Å². The van der Waals surface area contributed by atoms with Gasteiger partial charge in [0, 0.05) is 32.8 Å². The molecule has 0 aromatic heterocycles. The number of hydrogen-bond acceptors (Lipinski definition) is 4. The SMILES string of the molecule is O=C(c1cccc2c1NCCC2)N1CCCO[C@@H](CN2CCCC2)C1. The van der Waals surface area contributed by atoms with E-state index < -0.39 is 0 Å². The number of carbonyl (C=O) groups excluding carboxylic acids is 1. The Bertz CT molecular complexity index is 613. The average Bonchev–Trinajstić information content (AvgIpc) is 3.04. The van der Waals surface area contributed by atoms with Gasteiger partial charge in [0.1, 0.15) is 0 Å². The van der Waals surface area contributed by atoms with Crippen LogP contribution in [0, 0.1) is 0 Å². The highest BCUT2D eigenvalue weighted by Crippen LogP contribution is 2.27. The smallest absolute Gasteiger partial charge is 0.256 e. The molecule has 0 aliphatic carbocycles. The van der Waals surface area contributed by atoms with Crippen molar-refractivity contribution in [2.24, 2.45) is 0 Å². The zero-order chi connectivity index (χ0) is 17.1. The van der Waals surface area contributed by atoms with Crippen molar-refractivity contribution < 1.29 is 9.53 Å². The van der Waals surface area contributed by atoms with Gasteiger partial charge >= 0.3 is 0 Å². The second-order valence-electron chi connectivity index (χ2n) is 7.48. The van der Waals surface area contributed by atoms with Crippen LogP contribution in [0.4, 0.5) is 5.69 Å². The van der Waals surface area contributed by atoms with Crippen molar-refractivity contribution in [3.63, 3.8) is 0 Å². The zero-order valence-corrected chi connectivity index (χ0v) is 15.0. The van der Waals surface area contributed by atoms with Gasteiger partial charge in [0.05, 0.1) is 17.4 Å². The van der Waals surface area contributed by atoms with Gasteiger partial charge in [-0.15, -0.1) is 0 Å². The summed E-state index contributed by atoms with van der Waals surface area (Å²) in [6.07, 6.45) is 5.83. The second kappa shape index (κ2) is 7.75. The Kier molecular flexibility index (Phi) is 5.22. The van der Waals surface area contributed by atoms with E-state index >= 15 is 0 Å². The normalized spacial score (nSPS) is 24.5. The van der Waals surface area contributed by atoms with E-state index in [0.29, 0.717) is 6.54 Å². The summed E-state index contributed by atoms with van der Waals surface area (Å²) < 4.78 is 6.04. The number of para-hydroxylation sites is 1. The monoisotopic (exact) mass is 343 g/mol. The molecule has 0 saturated carbocycles. The lowest BCUT2D eigenvalue weighted by Crippen LogP contribution is -2.42. The first-order valence-corrected chi connectivity index (χ1v) is 9.80. The zero-order valence-electron chi connectivity index (χ0n) is 15.0. The van der Waals surface area contributed by atoms with Gasteiger partial charge in [0.15, 0.2) is 0 Å². The summed E-state index contributed by atoms with van der Waals surface area (Å²) >= 11 is 0. The third-order valence-corrected chi connectivity index (χ3v) is 5.60. The maximum Gasteiger partial charge on any atom is 0.256 e. The van der Waals surface area contributed by atoms with Crippen molar-refractivity contribution >= 4 is 11.6 Å². The third kappa shape index (κ3) is 3.82. The number of rotatable bonds is 3. The molecule has 1 amide bonds. The van der Waals surface area contributed by atoms with Crippen LogP contribution in [0.25, 0.3) is 0 Å². The number of hydrogen-bond donors (Lipinski definition) is 1. The molecule has 2 saturated heterocycles. The summed E-state index contributed by atoms with van der Waals surface area (Å²) in [5.41, 5.74) is 3.16. The van der Waals surface area contributed by atoms with E-state index in [-0.39, 0.29) is 12.0 Å². The van der Waals surface area contributed by atoms with E-state index in [2.05, 4.69) is 16.3 Å². The Balaban J connectivity index is 1.48. The van der Waals surface area contributed by atoms with Gasteiger partial charge in [-0.05, 0) is 56.8 Å². The molecule has 0 bridgehead atoms. The van der Waals surface area contributed by atoms with Gasteiger partial charge in [-0.2, -0.15) is 0 Å². The van der Waals surface area contributed by atoms with Gasteiger partial charge < -0.3 is 19.9 Å². The Morgan fingerprint density at radius 1 is 1.16 bits per heavy atom. The summed E-state index contributed by atoms with van der Waals surface area (Å²) in [6, 6.07) is 6.13. The lowest BCUT2D eigenvalue weighted by Gasteiger charge is -2.28. The van der Waals surface area contributed by atoms with Crippen molar-refractivity contribution in [3.8, 4) is 0 Å². The lowest BCUT2D eigenvalue weighted by molar-refractivity contribution is 0.0298. The molecule has 3 heterocycles. The molecule has 5 nitrogen and oxygen atoms in total. The van der Waals surface area contributed by atoms with Crippen molar-refractivity contribution in [2.75, 3.05) is 51.2 Å². The van der Waals surface area contributed by atoms with Crippen LogP contribution in [0.1, 0.15) is 41.6 Å². The van der Waals surface area contributed by atoms with E-state index in [1.54, 1.807) is 0 Å². The number of amides is 1. The topological polar surface area (TPSA) is 44.8 Å². The molecule has 0 spiro atoms. The van der Waals surface area contributed by atoms with E-state index in [1.807, 2.05) is 17.0 Å². The van der Waals surface area contributed by atoms with Crippen molar-refractivity contribution in [3.05, 3.63) is 29.3 Å². The minimum Gasteiger partial charge on any atom is -0.384 e. The molecule has 136 valence electrons. The van der Waals surface area contributed by atoms with Crippen LogP contribution < -0.4 is 5.32 Å². The van der Waals surface area contributed by atoms with E-state index in [4.69, 9.17) is 4.74 Å². The third-order valence-electron chi connectivity index (χ3n) is 5.60. The predicted octanol–water partition coefficient (Wildman–Crippen LogP) is 2.37. The first-order valence-electron chi connectivity index (χ1n) is 9.80. The number of ether oxygens (including phenoxy) is 1. The molecule has 1 aromatic carbocycles. The van der Waals surface area contributed by atoms with Crippen LogP contribution in [0.15, 0.2) is 18.2 Å². The first-order chi connectivity index (χ1) is 12.3. The van der Waals surface area contributed by atoms with Crippen LogP contribution in [0.5, 0.6) is 0 Å². The van der Waals surface area contributed by atoms with Crippen LogP contribution in [0.3, 0.4) is 0 Å². The van der Waals surface area contributed by atoms with Crippen molar-refractivity contribution in [2.45, 2.75) is 38.2 Å². The summed E-state index contributed by atoms with van der Waals surface area (Å²) in [6.45, 7) is 6.51. The van der Waals surface area contributed by atoms with Crippen LogP contribution in [0.2, 0.25) is 0 Å². The predicted molar refractivity (Wildman–Crippen MR) is 99.2 cm³/mol. The van der Waals surface area contributed by atoms with E-state index in [1.165, 1.54) is 31.5 Å². The molecule has 4 rings (SSSR count). The number of fused-ring (bicyclic) bond motifs is 1. The fourth-order valence-corrected chi connectivity index (χ4v) is 4.30. The highest BCUT2D eigenvalue weighted by molar-refractivity contribution is 6.00. The fraction of sp³-hybridized carbons (Fsp3) is 0.650. The van der Waals surface area contributed by atoms with Gasteiger partial charge in [-0.1, -0.05) is 12.1 Å². The van der Waals surface area contributed by atoms with Crippen molar-refractivity contribution in [1.82, 2.24) is 9.80 Å². The molecule has 0 unspecified atom stereocenters. The molecule has 1 N–H and O–H groups in total. The Morgan fingerprint density at radius 2 is 2.04 bits per heavy atom. The fourth-order valence-electron chi connectivity index (χ4n) is 4.30. The van der Waals surface area contributed by atoms with Gasteiger partial charge in [0.2, 0.25) is 0 Å². The molecular formula is C20H29N3O2. The minimum atomic E-state index is 0.136. The standard InChI is InChI=1S/C20H29N3O2/c24-20(18-8-3-6-16-7-4-9-21-19(16)18)23-12-5-13-25-17(15-23)14-22-10-1-2-11-22/h3,6,8,17,21H,1-2,4-5,7,9-15H2/t17-/m0/s1. The lowest BCUT2D eigenvalue weighted by atomic mass is 9.98. The number of anilines is 1. The Morgan fingerprint density at radius 3 is 2.92 bits per heavy atom. The highest BCUT2D eigenvalue weighted by atomic mass is 16.5. The molecular weight excluding hydrogens is 314 g/mol. The average molecular weight is 343 g/mol. The van der Waals surface area contributed by atoms with E-state index in [9.17, 15) is 4.79 Å². The van der Waals surface area contributed by atoms with Crippen LogP contribution in [-0.2, 0) is 11.2 Å². The minimum absolute atomic E-state index is 0.136. The summed E-state index contributed by atoms with van der Waals surface area (Å²) in [4.78, 5) is 17.7. The molecule has 1 aromatic rings.